The van der Waals surface area contributed by atoms with Crippen molar-refractivity contribution in [3.05, 3.63) is 44.8 Å². The van der Waals surface area contributed by atoms with Gasteiger partial charge in [0, 0.05) is 23.3 Å². The minimum atomic E-state index is -0.0525. The summed E-state index contributed by atoms with van der Waals surface area (Å²) in [6.45, 7) is 3.84. The largest absolute Gasteiger partial charge is 0.300 e. The zero-order valence-corrected chi connectivity index (χ0v) is 10.2. The molecule has 1 aromatic carbocycles. The first-order valence-electron chi connectivity index (χ1n) is 5.03. The van der Waals surface area contributed by atoms with Crippen LogP contribution in [0.2, 0.25) is 5.02 Å². The Kier molecular flexibility index (Phi) is 2.64. The van der Waals surface area contributed by atoms with Crippen molar-refractivity contribution in [3.8, 4) is 11.1 Å². The number of hydrogen-bond donors (Lipinski definition) is 1. The molecule has 3 nitrogen and oxygen atoms in total. The van der Waals surface area contributed by atoms with E-state index < -0.39 is 0 Å². The molecule has 0 radical (unpaired) electrons. The van der Waals surface area contributed by atoms with Gasteiger partial charge in [-0.2, -0.15) is 0 Å². The highest BCUT2D eigenvalue weighted by molar-refractivity contribution is 6.33. The van der Waals surface area contributed by atoms with Crippen molar-refractivity contribution in [3.63, 3.8) is 0 Å². The molecule has 2 rings (SSSR count). The number of nitrogens with zero attached hydrogens (tertiary/aromatic N) is 1. The molecule has 0 spiro atoms. The number of aromatic amines is 1. The number of rotatable bonds is 1. The fourth-order valence-electron chi connectivity index (χ4n) is 1.83. The molecule has 0 atom stereocenters. The van der Waals surface area contributed by atoms with E-state index in [1.165, 1.54) is 4.68 Å². The fraction of sp³-hybridized carbons (Fsp3) is 0.250. The molecule has 0 aliphatic heterocycles. The van der Waals surface area contributed by atoms with E-state index in [0.29, 0.717) is 10.6 Å². The summed E-state index contributed by atoms with van der Waals surface area (Å²) < 4.78 is 1.46. The lowest BCUT2D eigenvalue weighted by molar-refractivity contribution is 0.731. The van der Waals surface area contributed by atoms with E-state index in [-0.39, 0.29) is 5.56 Å². The maximum absolute atomic E-state index is 11.9. The molecular weight excluding hydrogens is 224 g/mol. The summed E-state index contributed by atoms with van der Waals surface area (Å²) in [4.78, 5) is 11.9. The molecule has 84 valence electrons. The topological polar surface area (TPSA) is 37.8 Å². The summed E-state index contributed by atoms with van der Waals surface area (Å²) in [6.07, 6.45) is 0. The lowest BCUT2D eigenvalue weighted by Gasteiger charge is -2.02. The van der Waals surface area contributed by atoms with Crippen LogP contribution in [0, 0.1) is 13.8 Å². The summed E-state index contributed by atoms with van der Waals surface area (Å²) in [6, 6.07) is 5.70. The zero-order chi connectivity index (χ0) is 11.9. The number of H-pyrrole nitrogens is 1. The summed E-state index contributed by atoms with van der Waals surface area (Å²) in [5.74, 6) is 0. The second-order valence-corrected chi connectivity index (χ2v) is 4.37. The van der Waals surface area contributed by atoms with Gasteiger partial charge < -0.3 is 0 Å². The average molecular weight is 237 g/mol. The van der Waals surface area contributed by atoms with Crippen LogP contribution in [0.15, 0.2) is 23.0 Å². The summed E-state index contributed by atoms with van der Waals surface area (Å²) >= 11 is 6.16. The number of aromatic nitrogens is 2. The number of halogens is 1. The molecule has 0 aliphatic carbocycles. The molecule has 2 aromatic rings. The van der Waals surface area contributed by atoms with Crippen LogP contribution in [0.1, 0.15) is 11.3 Å². The van der Waals surface area contributed by atoms with Crippen molar-refractivity contribution in [2.24, 2.45) is 7.05 Å². The number of nitrogens with one attached hydrogen (secondary N) is 1. The van der Waals surface area contributed by atoms with Crippen LogP contribution in [0.4, 0.5) is 0 Å². The minimum Gasteiger partial charge on any atom is -0.300 e. The predicted octanol–water partition coefficient (Wildman–Crippen LogP) is 2.65. The van der Waals surface area contributed by atoms with Gasteiger partial charge in [0.15, 0.2) is 0 Å². The van der Waals surface area contributed by atoms with Gasteiger partial charge in [-0.05, 0) is 25.5 Å². The first kappa shape index (κ1) is 11.0. The minimum absolute atomic E-state index is 0.0525. The van der Waals surface area contributed by atoms with Gasteiger partial charge in [-0.3, -0.25) is 14.6 Å². The maximum Gasteiger partial charge on any atom is 0.274 e. The van der Waals surface area contributed by atoms with Gasteiger partial charge in [0.25, 0.3) is 5.56 Å². The first-order chi connectivity index (χ1) is 7.50. The van der Waals surface area contributed by atoms with Crippen molar-refractivity contribution in [1.82, 2.24) is 9.78 Å². The Morgan fingerprint density at radius 2 is 2.00 bits per heavy atom. The molecule has 0 aliphatic rings. The van der Waals surface area contributed by atoms with Crippen LogP contribution in [0.5, 0.6) is 0 Å². The van der Waals surface area contributed by atoms with Crippen molar-refractivity contribution < 1.29 is 0 Å². The molecular formula is C12H13ClN2O. The third-order valence-corrected chi connectivity index (χ3v) is 2.94. The van der Waals surface area contributed by atoms with Crippen LogP contribution in [0.3, 0.4) is 0 Å². The van der Waals surface area contributed by atoms with Gasteiger partial charge in [0.1, 0.15) is 0 Å². The highest BCUT2D eigenvalue weighted by atomic mass is 35.5. The monoisotopic (exact) mass is 236 g/mol. The molecule has 1 N–H and O–H groups in total. The highest BCUT2D eigenvalue weighted by Crippen LogP contribution is 2.27. The molecule has 16 heavy (non-hydrogen) atoms. The molecule has 0 unspecified atom stereocenters. The normalized spacial score (nSPS) is 10.8. The summed E-state index contributed by atoms with van der Waals surface area (Å²) in [5, 5.41) is 3.57. The first-order valence-corrected chi connectivity index (χ1v) is 5.40. The van der Waals surface area contributed by atoms with Gasteiger partial charge >= 0.3 is 0 Å². The van der Waals surface area contributed by atoms with E-state index in [9.17, 15) is 4.79 Å². The quantitative estimate of drug-likeness (QED) is 0.812. The summed E-state index contributed by atoms with van der Waals surface area (Å²) in [7, 11) is 1.70. The molecule has 1 heterocycles. The third kappa shape index (κ3) is 1.67. The van der Waals surface area contributed by atoms with E-state index >= 15 is 0 Å². The lowest BCUT2D eigenvalue weighted by Crippen LogP contribution is -2.13. The number of hydrogen-bond acceptors (Lipinski definition) is 1. The Bertz CT molecular complexity index is 596. The maximum atomic E-state index is 11.9. The fourth-order valence-corrected chi connectivity index (χ4v) is 2.16. The van der Waals surface area contributed by atoms with Crippen LogP contribution >= 0.6 is 11.6 Å². The smallest absolute Gasteiger partial charge is 0.274 e. The molecule has 0 saturated carbocycles. The van der Waals surface area contributed by atoms with Crippen molar-refractivity contribution >= 4 is 11.6 Å². The van der Waals surface area contributed by atoms with Gasteiger partial charge in [-0.15, -0.1) is 0 Å². The Balaban J connectivity index is 2.72. The molecule has 0 saturated heterocycles. The molecule has 0 amide bonds. The molecule has 4 heteroatoms. The standard InChI is InChI=1S/C12H13ClN2O/c1-7-4-5-9(10(13)6-7)11-8(2)14-15(3)12(11)16/h4-6,14H,1-3H3. The average Bonchev–Trinajstić information content (AvgIpc) is 2.43. The van der Waals surface area contributed by atoms with Gasteiger partial charge in [-0.25, -0.2) is 0 Å². The van der Waals surface area contributed by atoms with Gasteiger partial charge in [0.2, 0.25) is 0 Å². The SMILES string of the molecule is Cc1ccc(-c2c(C)[nH]n(C)c2=O)c(Cl)c1. The molecule has 0 bridgehead atoms. The van der Waals surface area contributed by atoms with Crippen molar-refractivity contribution in [2.45, 2.75) is 13.8 Å². The van der Waals surface area contributed by atoms with Crippen LogP contribution < -0.4 is 5.56 Å². The van der Waals surface area contributed by atoms with E-state index in [4.69, 9.17) is 11.6 Å². The van der Waals surface area contributed by atoms with E-state index in [0.717, 1.165) is 16.8 Å². The Morgan fingerprint density at radius 1 is 1.31 bits per heavy atom. The highest BCUT2D eigenvalue weighted by Gasteiger charge is 2.13. The number of benzene rings is 1. The summed E-state index contributed by atoms with van der Waals surface area (Å²) in [5.41, 5.74) is 3.29. The van der Waals surface area contributed by atoms with Crippen molar-refractivity contribution in [1.29, 1.82) is 0 Å². The van der Waals surface area contributed by atoms with E-state index in [1.807, 2.05) is 32.0 Å². The molecule has 1 aromatic heterocycles. The van der Waals surface area contributed by atoms with Crippen LogP contribution in [0.25, 0.3) is 11.1 Å². The second kappa shape index (κ2) is 3.83. The Labute approximate surface area is 98.7 Å². The third-order valence-electron chi connectivity index (χ3n) is 2.62. The Morgan fingerprint density at radius 3 is 2.50 bits per heavy atom. The van der Waals surface area contributed by atoms with Gasteiger partial charge in [-0.1, -0.05) is 23.7 Å². The number of aryl methyl sites for hydroxylation is 3. The molecule has 0 fully saturated rings. The van der Waals surface area contributed by atoms with Gasteiger partial charge in [0.05, 0.1) is 5.56 Å². The predicted molar refractivity (Wildman–Crippen MR) is 66.0 cm³/mol. The van der Waals surface area contributed by atoms with E-state index in [1.54, 1.807) is 7.05 Å². The van der Waals surface area contributed by atoms with Crippen LogP contribution in [-0.4, -0.2) is 9.78 Å². The lowest BCUT2D eigenvalue weighted by atomic mass is 10.1. The zero-order valence-electron chi connectivity index (χ0n) is 9.47. The van der Waals surface area contributed by atoms with Crippen molar-refractivity contribution in [2.75, 3.05) is 0 Å². The Hall–Kier alpha value is -1.48. The van der Waals surface area contributed by atoms with E-state index in [2.05, 4.69) is 5.10 Å². The van der Waals surface area contributed by atoms with Crippen LogP contribution in [-0.2, 0) is 7.05 Å². The second-order valence-electron chi connectivity index (χ2n) is 3.96.